The van der Waals surface area contributed by atoms with Crippen LogP contribution in [0.1, 0.15) is 23.1 Å². The second-order valence-electron chi connectivity index (χ2n) is 10.4. The van der Waals surface area contributed by atoms with Gasteiger partial charge in [0.1, 0.15) is 24.0 Å². The van der Waals surface area contributed by atoms with Crippen molar-refractivity contribution < 1.29 is 27.8 Å². The van der Waals surface area contributed by atoms with Crippen LogP contribution >= 0.6 is 0 Å². The van der Waals surface area contributed by atoms with E-state index in [-0.39, 0.29) is 30.5 Å². The van der Waals surface area contributed by atoms with E-state index in [0.717, 1.165) is 18.2 Å². The fourth-order valence-corrected chi connectivity index (χ4v) is 5.04. The highest BCUT2D eigenvalue weighted by atomic mass is 28.3. The van der Waals surface area contributed by atoms with Crippen LogP contribution < -0.4 is 10.3 Å². The molecule has 0 unspecified atom stereocenters. The summed E-state index contributed by atoms with van der Waals surface area (Å²) in [4.78, 5) is 28.4. The number of ether oxygens (including phenoxy) is 3. The van der Waals surface area contributed by atoms with E-state index in [1.165, 1.54) is 6.07 Å². The molecule has 1 N–H and O–H groups in total. The minimum atomic E-state index is -1.34. The van der Waals surface area contributed by atoms with Crippen LogP contribution in [0.15, 0.2) is 53.3 Å². The number of nitrogens with zero attached hydrogens (tertiary/aromatic N) is 1. The molecule has 0 atom stereocenters. The monoisotopic (exact) mass is 554 g/mol. The Morgan fingerprint density at radius 3 is 2.49 bits per heavy atom. The zero-order valence-corrected chi connectivity index (χ0v) is 23.7. The summed E-state index contributed by atoms with van der Waals surface area (Å²) in [6.45, 7) is 11.1. The predicted molar refractivity (Wildman–Crippen MR) is 149 cm³/mol. The maximum atomic E-state index is 14.5. The summed E-state index contributed by atoms with van der Waals surface area (Å²) in [5.41, 5.74) is 1.29. The maximum absolute atomic E-state index is 14.5. The standard InChI is InChI=1S/C29H32F2N2O5Si/c1-6-37-29(35)23-16-21-26(28(34)32-23)18(2)33(17-36-13-14-39(3,4)5)27(21)20-9-7-8-10-24(20)38-25-12-11-19(30)15-22(25)31/h7-12,15-16H,6,13-14,17H2,1-5H3,(H,32,34). The molecule has 0 fully saturated rings. The number of hydrogen-bond acceptors (Lipinski definition) is 5. The maximum Gasteiger partial charge on any atom is 0.354 e. The molecule has 0 spiro atoms. The Bertz CT molecular complexity index is 1570. The van der Waals surface area contributed by atoms with Gasteiger partial charge in [0.15, 0.2) is 11.6 Å². The molecule has 39 heavy (non-hydrogen) atoms. The average molecular weight is 555 g/mol. The smallest absolute Gasteiger partial charge is 0.354 e. The van der Waals surface area contributed by atoms with Crippen molar-refractivity contribution in [1.29, 1.82) is 0 Å². The molecular formula is C29H32F2N2O5Si. The SMILES string of the molecule is CCOC(=O)c1cc2c(-c3ccccc3Oc3ccc(F)cc3F)n(COCC[Si](C)(C)C)c(C)c2c(=O)[nH]1. The van der Waals surface area contributed by atoms with Crippen molar-refractivity contribution in [3.8, 4) is 22.8 Å². The Hall–Kier alpha value is -3.76. The Morgan fingerprint density at radius 2 is 1.79 bits per heavy atom. The summed E-state index contributed by atoms with van der Waals surface area (Å²) in [6, 6.07) is 12.5. The van der Waals surface area contributed by atoms with Gasteiger partial charge in [0.2, 0.25) is 0 Å². The van der Waals surface area contributed by atoms with Crippen molar-refractivity contribution in [3.05, 3.63) is 81.9 Å². The summed E-state index contributed by atoms with van der Waals surface area (Å²) < 4.78 is 46.9. The first-order valence-electron chi connectivity index (χ1n) is 12.7. The summed E-state index contributed by atoms with van der Waals surface area (Å²) in [5, 5.41) is 0.873. The lowest BCUT2D eigenvalue weighted by atomic mass is 10.1. The van der Waals surface area contributed by atoms with Gasteiger partial charge in [0.25, 0.3) is 5.56 Å². The van der Waals surface area contributed by atoms with E-state index in [9.17, 15) is 18.4 Å². The van der Waals surface area contributed by atoms with Gasteiger partial charge in [-0.05, 0) is 50.2 Å². The molecule has 2 aromatic carbocycles. The van der Waals surface area contributed by atoms with Crippen molar-refractivity contribution in [2.75, 3.05) is 13.2 Å². The number of carbonyl (C=O) groups is 1. The third kappa shape index (κ3) is 6.29. The second-order valence-corrected chi connectivity index (χ2v) is 16.0. The van der Waals surface area contributed by atoms with Crippen molar-refractivity contribution in [3.63, 3.8) is 0 Å². The van der Waals surface area contributed by atoms with Gasteiger partial charge in [-0.15, -0.1) is 0 Å². The van der Waals surface area contributed by atoms with E-state index < -0.39 is 31.2 Å². The summed E-state index contributed by atoms with van der Waals surface area (Å²) in [6.07, 6.45) is 0. The number of carbonyl (C=O) groups excluding carboxylic acids is 1. The van der Waals surface area contributed by atoms with E-state index in [1.54, 1.807) is 44.2 Å². The van der Waals surface area contributed by atoms with Crippen LogP contribution in [0.25, 0.3) is 22.0 Å². The van der Waals surface area contributed by atoms with E-state index >= 15 is 0 Å². The first-order chi connectivity index (χ1) is 18.5. The van der Waals surface area contributed by atoms with Crippen molar-refractivity contribution >= 4 is 24.8 Å². The van der Waals surface area contributed by atoms with E-state index in [2.05, 4.69) is 24.6 Å². The third-order valence-electron chi connectivity index (χ3n) is 6.29. The number of pyridine rings is 1. The molecule has 0 aliphatic carbocycles. The van der Waals surface area contributed by atoms with E-state index in [0.29, 0.717) is 34.3 Å². The predicted octanol–water partition coefficient (Wildman–Crippen LogP) is 6.86. The number of aryl methyl sites for hydroxylation is 1. The van der Waals surface area contributed by atoms with Gasteiger partial charge >= 0.3 is 5.97 Å². The Kier molecular flexibility index (Phi) is 8.36. The van der Waals surface area contributed by atoms with Crippen LogP contribution in [0.2, 0.25) is 25.7 Å². The van der Waals surface area contributed by atoms with Crippen LogP contribution in [-0.4, -0.2) is 36.8 Å². The number of para-hydroxylation sites is 1. The van der Waals surface area contributed by atoms with Gasteiger partial charge < -0.3 is 23.8 Å². The lowest BCUT2D eigenvalue weighted by Crippen LogP contribution is -2.22. The molecule has 0 radical (unpaired) electrons. The van der Waals surface area contributed by atoms with Gasteiger partial charge in [-0.2, -0.15) is 0 Å². The van der Waals surface area contributed by atoms with Crippen LogP contribution in [0.3, 0.4) is 0 Å². The van der Waals surface area contributed by atoms with Crippen LogP contribution in [0.4, 0.5) is 8.78 Å². The molecule has 4 rings (SSSR count). The van der Waals surface area contributed by atoms with Crippen LogP contribution in [-0.2, 0) is 16.2 Å². The molecule has 10 heteroatoms. The highest BCUT2D eigenvalue weighted by molar-refractivity contribution is 6.76. The molecular weight excluding hydrogens is 522 g/mol. The van der Waals surface area contributed by atoms with Crippen molar-refractivity contribution in [2.45, 2.75) is 46.3 Å². The number of hydrogen-bond donors (Lipinski definition) is 1. The van der Waals surface area contributed by atoms with Crippen molar-refractivity contribution in [1.82, 2.24) is 9.55 Å². The molecule has 2 aromatic heterocycles. The fourth-order valence-electron chi connectivity index (χ4n) is 4.29. The van der Waals surface area contributed by atoms with Crippen LogP contribution in [0, 0.1) is 18.6 Å². The van der Waals surface area contributed by atoms with E-state index in [1.807, 2.05) is 4.57 Å². The van der Waals surface area contributed by atoms with Crippen molar-refractivity contribution in [2.24, 2.45) is 0 Å². The van der Waals surface area contributed by atoms with Gasteiger partial charge in [-0.1, -0.05) is 31.8 Å². The Balaban J connectivity index is 1.90. The lowest BCUT2D eigenvalue weighted by molar-refractivity contribution is 0.0519. The quantitative estimate of drug-likeness (QED) is 0.132. The largest absolute Gasteiger partial charge is 0.461 e. The number of rotatable bonds is 10. The summed E-state index contributed by atoms with van der Waals surface area (Å²) >= 11 is 0. The topological polar surface area (TPSA) is 82.5 Å². The number of fused-ring (bicyclic) bond motifs is 1. The fraction of sp³-hybridized carbons (Fsp3) is 0.310. The highest BCUT2D eigenvalue weighted by Gasteiger charge is 2.24. The molecule has 0 aliphatic rings. The number of esters is 1. The minimum absolute atomic E-state index is 0.00961. The normalized spacial score (nSPS) is 11.7. The molecule has 4 aromatic rings. The number of nitrogens with one attached hydrogen (secondary N) is 1. The third-order valence-corrected chi connectivity index (χ3v) is 8.00. The number of H-pyrrole nitrogens is 1. The molecule has 0 saturated heterocycles. The molecule has 206 valence electrons. The number of aromatic nitrogens is 2. The summed E-state index contributed by atoms with van der Waals surface area (Å²) in [5.74, 6) is -2.10. The average Bonchev–Trinajstić information content (AvgIpc) is 3.15. The first-order valence-corrected chi connectivity index (χ1v) is 16.4. The van der Waals surface area contributed by atoms with Crippen LogP contribution in [0.5, 0.6) is 11.5 Å². The first kappa shape index (κ1) is 28.3. The molecule has 0 bridgehead atoms. The molecule has 0 aliphatic heterocycles. The van der Waals surface area contributed by atoms with Gasteiger partial charge in [-0.25, -0.2) is 13.6 Å². The molecule has 0 saturated carbocycles. The lowest BCUT2D eigenvalue weighted by Gasteiger charge is -2.18. The molecule has 2 heterocycles. The zero-order valence-electron chi connectivity index (χ0n) is 22.7. The van der Waals surface area contributed by atoms with Gasteiger partial charge in [-0.3, -0.25) is 4.79 Å². The Morgan fingerprint density at radius 1 is 1.05 bits per heavy atom. The number of benzene rings is 2. The Labute approximate surface area is 226 Å². The highest BCUT2D eigenvalue weighted by Crippen LogP contribution is 2.40. The number of aromatic amines is 1. The zero-order chi connectivity index (χ0) is 28.3. The minimum Gasteiger partial charge on any atom is -0.461 e. The van der Waals surface area contributed by atoms with E-state index in [4.69, 9.17) is 14.2 Å². The second kappa shape index (κ2) is 11.5. The van der Waals surface area contributed by atoms with Gasteiger partial charge in [0.05, 0.1) is 17.7 Å². The number of halogens is 2. The van der Waals surface area contributed by atoms with Gasteiger partial charge in [0, 0.05) is 37.4 Å². The molecule has 0 amide bonds. The summed E-state index contributed by atoms with van der Waals surface area (Å²) in [7, 11) is -1.34. The molecule has 7 nitrogen and oxygen atoms in total.